The molecule has 2 aromatic carbocycles. The van der Waals surface area contributed by atoms with Crippen LogP contribution in [0.2, 0.25) is 0 Å². The number of hydrogen-bond acceptors (Lipinski definition) is 7. The summed E-state index contributed by atoms with van der Waals surface area (Å²) in [7, 11) is -2.24. The molecule has 0 saturated carbocycles. The van der Waals surface area contributed by atoms with Crippen LogP contribution < -0.4 is 10.1 Å². The maximum absolute atomic E-state index is 12.4. The van der Waals surface area contributed by atoms with Gasteiger partial charge in [-0.3, -0.25) is 4.79 Å². The number of sulfone groups is 1. The molecule has 0 aliphatic heterocycles. The van der Waals surface area contributed by atoms with Gasteiger partial charge in [0.25, 0.3) is 0 Å². The fourth-order valence-electron chi connectivity index (χ4n) is 2.28. The van der Waals surface area contributed by atoms with Crippen LogP contribution in [-0.4, -0.2) is 38.4 Å². The summed E-state index contributed by atoms with van der Waals surface area (Å²) in [5, 5.41) is 2.96. The van der Waals surface area contributed by atoms with E-state index in [9.17, 15) is 13.2 Å². The molecular weight excluding hydrogens is 392 g/mol. The van der Waals surface area contributed by atoms with E-state index in [-0.39, 0.29) is 4.90 Å². The van der Waals surface area contributed by atoms with Gasteiger partial charge in [0.1, 0.15) is 11.5 Å². The van der Waals surface area contributed by atoms with Crippen molar-refractivity contribution in [3.8, 4) is 5.75 Å². The number of fused-ring (bicyclic) bond motifs is 1. The Morgan fingerprint density at radius 3 is 2.62 bits per heavy atom. The highest BCUT2D eigenvalue weighted by atomic mass is 32.2. The molecule has 0 bridgehead atoms. The zero-order valence-corrected chi connectivity index (χ0v) is 16.5. The summed E-state index contributed by atoms with van der Waals surface area (Å²) in [6.07, 6.45) is 1.98. The standard InChI is InChI=1S/C17H16N2O4S3/c1-23-11-3-6-13(7-4-11)26(21,22)10-16(20)19-17-18-14-8-5-12(24-2)9-15(14)25-17/h3-9H,10H2,1-2H3,(H,18,19,20). The number of rotatable bonds is 6. The topological polar surface area (TPSA) is 85.4 Å². The Hall–Kier alpha value is -2.10. The van der Waals surface area contributed by atoms with Crippen molar-refractivity contribution >= 4 is 54.2 Å². The van der Waals surface area contributed by atoms with Gasteiger partial charge in [-0.15, -0.1) is 11.8 Å². The summed E-state index contributed by atoms with van der Waals surface area (Å²) >= 11 is 2.93. The predicted molar refractivity (Wildman–Crippen MR) is 105 cm³/mol. The van der Waals surface area contributed by atoms with Crippen molar-refractivity contribution in [2.24, 2.45) is 0 Å². The number of nitrogens with one attached hydrogen (secondary N) is 1. The van der Waals surface area contributed by atoms with Crippen molar-refractivity contribution in [3.63, 3.8) is 0 Å². The van der Waals surface area contributed by atoms with E-state index in [0.717, 1.165) is 15.1 Å². The van der Waals surface area contributed by atoms with E-state index < -0.39 is 21.5 Å². The Kier molecular flexibility index (Phi) is 5.49. The van der Waals surface area contributed by atoms with Gasteiger partial charge in [-0.25, -0.2) is 13.4 Å². The fraction of sp³-hybridized carbons (Fsp3) is 0.176. The minimum absolute atomic E-state index is 0.0716. The molecule has 1 N–H and O–H groups in total. The second-order valence-electron chi connectivity index (χ2n) is 5.34. The van der Waals surface area contributed by atoms with Crippen LogP contribution in [0.5, 0.6) is 5.75 Å². The molecule has 1 aromatic heterocycles. The molecule has 6 nitrogen and oxygen atoms in total. The van der Waals surface area contributed by atoms with Crippen LogP contribution in [0.15, 0.2) is 52.3 Å². The highest BCUT2D eigenvalue weighted by Gasteiger charge is 2.20. The third-order valence-electron chi connectivity index (χ3n) is 3.58. The molecule has 3 rings (SSSR count). The Morgan fingerprint density at radius 2 is 1.96 bits per heavy atom. The quantitative estimate of drug-likeness (QED) is 0.629. The lowest BCUT2D eigenvalue weighted by molar-refractivity contribution is -0.113. The van der Waals surface area contributed by atoms with Gasteiger partial charge in [-0.2, -0.15) is 0 Å². The van der Waals surface area contributed by atoms with E-state index in [1.807, 2.05) is 24.5 Å². The van der Waals surface area contributed by atoms with Crippen LogP contribution in [0.25, 0.3) is 10.2 Å². The maximum atomic E-state index is 12.4. The highest BCUT2D eigenvalue weighted by molar-refractivity contribution is 7.98. The first-order valence-electron chi connectivity index (χ1n) is 7.52. The average molecular weight is 409 g/mol. The zero-order valence-electron chi connectivity index (χ0n) is 14.1. The van der Waals surface area contributed by atoms with Crippen LogP contribution in [0, 0.1) is 0 Å². The molecule has 136 valence electrons. The molecule has 0 spiro atoms. The van der Waals surface area contributed by atoms with E-state index in [1.54, 1.807) is 23.9 Å². The number of anilines is 1. The van der Waals surface area contributed by atoms with Crippen molar-refractivity contribution in [2.75, 3.05) is 24.4 Å². The Morgan fingerprint density at radius 1 is 1.23 bits per heavy atom. The van der Waals surface area contributed by atoms with Gasteiger partial charge in [-0.1, -0.05) is 11.3 Å². The molecule has 26 heavy (non-hydrogen) atoms. The number of aromatic nitrogens is 1. The molecule has 3 aromatic rings. The highest BCUT2D eigenvalue weighted by Crippen LogP contribution is 2.29. The lowest BCUT2D eigenvalue weighted by Gasteiger charge is -2.05. The molecule has 0 fully saturated rings. The summed E-state index contributed by atoms with van der Waals surface area (Å²) in [5.41, 5.74) is 0.765. The number of hydrogen-bond donors (Lipinski definition) is 1. The number of benzene rings is 2. The predicted octanol–water partition coefficient (Wildman–Crippen LogP) is 3.44. The van der Waals surface area contributed by atoms with Crippen molar-refractivity contribution in [2.45, 2.75) is 9.79 Å². The van der Waals surface area contributed by atoms with Crippen molar-refractivity contribution in [1.29, 1.82) is 0 Å². The monoisotopic (exact) mass is 408 g/mol. The first kappa shape index (κ1) is 18.7. The Bertz CT molecular complexity index is 1040. The number of nitrogens with zero attached hydrogens (tertiary/aromatic N) is 1. The van der Waals surface area contributed by atoms with Crippen LogP contribution in [0.4, 0.5) is 5.13 Å². The van der Waals surface area contributed by atoms with Crippen LogP contribution in [0.3, 0.4) is 0 Å². The molecule has 0 radical (unpaired) electrons. The van der Waals surface area contributed by atoms with Gasteiger partial charge in [0.2, 0.25) is 5.91 Å². The molecule has 0 atom stereocenters. The van der Waals surface area contributed by atoms with Crippen LogP contribution >= 0.6 is 23.1 Å². The molecule has 0 aliphatic rings. The van der Waals surface area contributed by atoms with Gasteiger partial charge >= 0.3 is 0 Å². The molecule has 9 heteroatoms. The van der Waals surface area contributed by atoms with Crippen LogP contribution in [-0.2, 0) is 14.6 Å². The van der Waals surface area contributed by atoms with Crippen molar-refractivity contribution < 1.29 is 17.9 Å². The zero-order chi connectivity index (χ0) is 18.7. The summed E-state index contributed by atoms with van der Waals surface area (Å²) in [6.45, 7) is 0. The lowest BCUT2D eigenvalue weighted by atomic mass is 10.3. The average Bonchev–Trinajstić information content (AvgIpc) is 3.02. The van der Waals surface area contributed by atoms with E-state index in [0.29, 0.717) is 10.9 Å². The largest absolute Gasteiger partial charge is 0.497 e. The van der Waals surface area contributed by atoms with E-state index in [4.69, 9.17) is 4.74 Å². The second kappa shape index (κ2) is 7.65. The van der Waals surface area contributed by atoms with Gasteiger partial charge in [0.05, 0.1) is 22.2 Å². The molecule has 0 saturated heterocycles. The van der Waals surface area contributed by atoms with E-state index >= 15 is 0 Å². The molecular formula is C17H16N2O4S3. The van der Waals surface area contributed by atoms with Crippen molar-refractivity contribution in [1.82, 2.24) is 4.98 Å². The summed E-state index contributed by atoms with van der Waals surface area (Å²) < 4.78 is 30.7. The summed E-state index contributed by atoms with van der Waals surface area (Å²) in [5.74, 6) is -0.719. The van der Waals surface area contributed by atoms with Gasteiger partial charge in [-0.05, 0) is 48.7 Å². The maximum Gasteiger partial charge on any atom is 0.241 e. The number of methoxy groups -OCH3 is 1. The molecule has 0 unspecified atom stereocenters. The Labute approximate surface area is 159 Å². The number of thiazole rings is 1. The van der Waals surface area contributed by atoms with Gasteiger partial charge in [0, 0.05) is 4.90 Å². The van der Waals surface area contributed by atoms with E-state index in [2.05, 4.69) is 10.3 Å². The number of carbonyl (C=O) groups is 1. The smallest absolute Gasteiger partial charge is 0.241 e. The lowest BCUT2D eigenvalue weighted by Crippen LogP contribution is -2.22. The summed E-state index contributed by atoms with van der Waals surface area (Å²) in [6, 6.07) is 11.7. The van der Waals surface area contributed by atoms with Crippen LogP contribution in [0.1, 0.15) is 0 Å². The molecule has 0 aliphatic carbocycles. The molecule has 1 heterocycles. The van der Waals surface area contributed by atoms with E-state index in [1.165, 1.54) is 30.6 Å². The second-order valence-corrected chi connectivity index (χ2v) is 9.24. The first-order chi connectivity index (χ1) is 12.4. The minimum Gasteiger partial charge on any atom is -0.497 e. The fourth-order valence-corrected chi connectivity index (χ4v) is 4.85. The van der Waals surface area contributed by atoms with Crippen molar-refractivity contribution in [3.05, 3.63) is 42.5 Å². The first-order valence-corrected chi connectivity index (χ1v) is 11.2. The minimum atomic E-state index is -3.74. The number of amides is 1. The number of thioether (sulfide) groups is 1. The SMILES string of the molecule is COc1ccc(S(=O)(=O)CC(=O)Nc2nc3ccc(SC)cc3s2)cc1. The van der Waals surface area contributed by atoms with Gasteiger partial charge < -0.3 is 10.1 Å². The third kappa shape index (κ3) is 4.17. The Balaban J connectivity index is 1.73. The number of carbonyl (C=O) groups excluding carboxylic acids is 1. The summed E-state index contributed by atoms with van der Waals surface area (Å²) in [4.78, 5) is 17.7. The number of ether oxygens (including phenoxy) is 1. The van der Waals surface area contributed by atoms with Gasteiger partial charge in [0.15, 0.2) is 15.0 Å². The molecule has 1 amide bonds. The normalized spacial score (nSPS) is 11.5. The third-order valence-corrected chi connectivity index (χ3v) is 6.87.